The van der Waals surface area contributed by atoms with E-state index >= 15 is 4.57 Å². The molecule has 6 unspecified atom stereocenters. The third kappa shape index (κ3) is 9.72. The number of rotatable bonds is 15. The molecule has 0 radical (unpaired) electrons. The van der Waals surface area contributed by atoms with Gasteiger partial charge in [0.1, 0.15) is 52.4 Å². The smallest absolute Gasteiger partial charge is 0.475 e. The summed E-state index contributed by atoms with van der Waals surface area (Å²) in [5, 5.41) is 9.81. The van der Waals surface area contributed by atoms with Gasteiger partial charge < -0.3 is 38.4 Å². The van der Waals surface area contributed by atoms with Gasteiger partial charge in [-0.3, -0.25) is 28.0 Å². The normalized spacial score (nSPS) is 25.6. The van der Waals surface area contributed by atoms with Crippen LogP contribution < -0.4 is 19.1 Å². The van der Waals surface area contributed by atoms with Crippen molar-refractivity contribution in [1.82, 2.24) is 9.80 Å². The lowest BCUT2D eigenvalue weighted by molar-refractivity contribution is -0.151. The number of phosphoric acid groups is 1. The number of benzene rings is 3. The maximum atomic E-state index is 15.4. The van der Waals surface area contributed by atoms with E-state index in [2.05, 4.69) is 15.8 Å². The molecule has 6 atom stereocenters. The van der Waals surface area contributed by atoms with Crippen LogP contribution in [0.4, 0.5) is 17.1 Å². The predicted molar refractivity (Wildman–Crippen MR) is 257 cm³/mol. The number of hydrogen-bond acceptors (Lipinski definition) is 13. The molecule has 374 valence electrons. The van der Waals surface area contributed by atoms with Crippen molar-refractivity contribution in [1.29, 1.82) is 5.26 Å². The molecule has 9 rings (SSSR count). The Hall–Kier alpha value is -6.03. The first kappa shape index (κ1) is 49.9. The Morgan fingerprint density at radius 1 is 0.690 bits per heavy atom. The van der Waals surface area contributed by atoms with E-state index in [1.807, 2.05) is 27.7 Å². The zero-order chi connectivity index (χ0) is 50.5. The van der Waals surface area contributed by atoms with E-state index in [1.54, 1.807) is 77.1 Å². The zero-order valence-electron chi connectivity index (χ0n) is 40.9. The molecule has 0 aromatic heterocycles. The summed E-state index contributed by atoms with van der Waals surface area (Å²) in [7, 11) is -4.68. The van der Waals surface area contributed by atoms with Crippen LogP contribution in [0.5, 0.6) is 17.2 Å². The topological polar surface area (TPSA) is 184 Å². The minimum atomic E-state index is -4.68. The SMILES string of the molecule is [C-]#[N+]c1ccc2c(c1)C(N1CCCC1=O)C(OP(=O)(OCCOC1Cc3c(ccc([N+]#[C-])c3N3CCCC3=O)OC1(C)C)OCCOC1C(N3CCCC3=O)c3cc(C#N)ccc3OC1(C)C)C(C)(C)O2. The molecule has 6 aliphatic rings. The fraction of sp³-hybridized carbons (Fsp3) is 0.538. The molecular formula is C52H59N6O12P. The minimum absolute atomic E-state index is 0.0459. The second-order valence-electron chi connectivity index (χ2n) is 20.3. The molecule has 0 N–H and O–H groups in total. The fourth-order valence-electron chi connectivity index (χ4n) is 10.8. The highest BCUT2D eigenvalue weighted by molar-refractivity contribution is 7.48. The summed E-state index contributed by atoms with van der Waals surface area (Å²) in [4.78, 5) is 52.4. The molecule has 3 amide bonds. The number of ether oxygens (including phenoxy) is 5. The van der Waals surface area contributed by atoms with Gasteiger partial charge in [-0.2, -0.15) is 5.26 Å². The van der Waals surface area contributed by atoms with E-state index in [1.165, 1.54) is 0 Å². The first-order valence-corrected chi connectivity index (χ1v) is 25.7. The quantitative estimate of drug-likeness (QED) is 0.0800. The van der Waals surface area contributed by atoms with Gasteiger partial charge in [-0.15, -0.1) is 0 Å². The van der Waals surface area contributed by atoms with Crippen LogP contribution in [-0.2, 0) is 48.4 Å². The summed E-state index contributed by atoms with van der Waals surface area (Å²) in [5.74, 6) is 1.32. The highest BCUT2D eigenvalue weighted by Gasteiger charge is 2.54. The summed E-state index contributed by atoms with van der Waals surface area (Å²) < 4.78 is 66.9. The van der Waals surface area contributed by atoms with E-state index in [-0.39, 0.29) is 44.1 Å². The van der Waals surface area contributed by atoms with Crippen LogP contribution in [-0.4, -0.2) is 109 Å². The lowest BCUT2D eigenvalue weighted by Gasteiger charge is -2.48. The highest BCUT2D eigenvalue weighted by Crippen LogP contribution is 2.57. The summed E-state index contributed by atoms with van der Waals surface area (Å²) >= 11 is 0. The number of carbonyl (C=O) groups is 3. The second-order valence-corrected chi connectivity index (χ2v) is 21.9. The molecule has 19 heteroatoms. The molecule has 3 aromatic rings. The van der Waals surface area contributed by atoms with Crippen molar-refractivity contribution in [3.05, 3.63) is 93.6 Å². The van der Waals surface area contributed by atoms with E-state index in [9.17, 15) is 19.6 Å². The maximum Gasteiger partial charge on any atom is 0.475 e. The van der Waals surface area contributed by atoms with Gasteiger partial charge in [0.25, 0.3) is 0 Å². The Kier molecular flexibility index (Phi) is 13.7. The van der Waals surface area contributed by atoms with Crippen molar-refractivity contribution in [2.45, 2.75) is 134 Å². The first-order chi connectivity index (χ1) is 33.9. The van der Waals surface area contributed by atoms with Gasteiger partial charge in [-0.05, 0) is 97.2 Å². The van der Waals surface area contributed by atoms with Crippen LogP contribution in [0.25, 0.3) is 9.69 Å². The van der Waals surface area contributed by atoms with Crippen molar-refractivity contribution < 1.29 is 56.2 Å². The van der Waals surface area contributed by atoms with Crippen molar-refractivity contribution in [2.75, 3.05) is 51.0 Å². The van der Waals surface area contributed by atoms with Crippen molar-refractivity contribution in [3.8, 4) is 23.3 Å². The number of hydrogen-bond donors (Lipinski definition) is 0. The fourth-order valence-corrected chi connectivity index (χ4v) is 12.3. The van der Waals surface area contributed by atoms with Crippen LogP contribution in [0.3, 0.4) is 0 Å². The minimum Gasteiger partial charge on any atom is -0.485 e. The number of fused-ring (bicyclic) bond motifs is 3. The summed E-state index contributed by atoms with van der Waals surface area (Å²) in [6, 6.07) is 14.3. The average Bonchev–Trinajstić information content (AvgIpc) is 4.08. The van der Waals surface area contributed by atoms with Gasteiger partial charge in [-0.1, -0.05) is 12.1 Å². The standard InChI is InChI=1S/C52H59N6O12P/c1-50(2)41(30-36-40(67-50)20-17-37(55-8)45(36)56-21-9-12-42(56)59)63-24-26-65-71(62,70-49-47(58-23-11-14-44(58)61)35-29-33(54-7)16-19-39(35)69-52(49,5)6)66-27-25-64-48-46(57-22-10-13-43(57)60)34-28-32(31-53)15-18-38(34)68-51(48,3)4/h15-20,28-29,41,46-49H,9-14,21-27,30H2,1-6H3. The number of nitrogens with zero attached hydrogens (tertiary/aromatic N) is 6. The molecule has 3 saturated heterocycles. The summed E-state index contributed by atoms with van der Waals surface area (Å²) in [5.41, 5.74) is 0.400. The van der Waals surface area contributed by atoms with Crippen molar-refractivity contribution in [3.63, 3.8) is 0 Å². The Labute approximate surface area is 414 Å². The van der Waals surface area contributed by atoms with Gasteiger partial charge in [0.2, 0.25) is 23.4 Å². The number of nitriles is 1. The number of amides is 3. The molecular weight excluding hydrogens is 932 g/mol. The van der Waals surface area contributed by atoms with Crippen LogP contribution in [0.15, 0.2) is 48.5 Å². The molecule has 71 heavy (non-hydrogen) atoms. The van der Waals surface area contributed by atoms with Crippen molar-refractivity contribution >= 4 is 42.6 Å². The molecule has 0 bridgehead atoms. The van der Waals surface area contributed by atoms with Crippen molar-refractivity contribution in [2.24, 2.45) is 0 Å². The van der Waals surface area contributed by atoms with E-state index < -0.39 is 55.0 Å². The van der Waals surface area contributed by atoms with E-state index in [0.717, 1.165) is 0 Å². The molecule has 3 fully saturated rings. The van der Waals surface area contributed by atoms with E-state index in [0.29, 0.717) is 121 Å². The number of phosphoric ester groups is 1. The Morgan fingerprint density at radius 2 is 1.25 bits per heavy atom. The predicted octanol–water partition coefficient (Wildman–Crippen LogP) is 8.87. The molecule has 6 aliphatic heterocycles. The van der Waals surface area contributed by atoms with Crippen LogP contribution >= 0.6 is 7.82 Å². The lowest BCUT2D eigenvalue weighted by atomic mass is 9.84. The highest BCUT2D eigenvalue weighted by atomic mass is 31.2. The van der Waals surface area contributed by atoms with Gasteiger partial charge >= 0.3 is 7.82 Å². The van der Waals surface area contributed by atoms with Gasteiger partial charge in [0, 0.05) is 62.0 Å². The molecule has 0 saturated carbocycles. The molecule has 3 aromatic carbocycles. The molecule has 6 heterocycles. The van der Waals surface area contributed by atoms with Crippen LogP contribution in [0.1, 0.15) is 114 Å². The second kappa shape index (κ2) is 19.5. The number of anilines is 1. The Morgan fingerprint density at radius 3 is 1.85 bits per heavy atom. The average molecular weight is 991 g/mol. The number of carbonyl (C=O) groups excluding carboxylic acids is 3. The van der Waals surface area contributed by atoms with Gasteiger partial charge in [-0.25, -0.2) is 14.3 Å². The van der Waals surface area contributed by atoms with E-state index in [4.69, 9.17) is 50.4 Å². The van der Waals surface area contributed by atoms with Crippen LogP contribution in [0, 0.1) is 24.5 Å². The maximum absolute atomic E-state index is 15.4. The summed E-state index contributed by atoms with van der Waals surface area (Å²) in [6.45, 7) is 27.2. The molecule has 0 aliphatic carbocycles. The zero-order valence-corrected chi connectivity index (χ0v) is 41.8. The third-order valence-corrected chi connectivity index (χ3v) is 15.7. The monoisotopic (exact) mass is 990 g/mol. The Bertz CT molecular complexity index is 2790. The van der Waals surface area contributed by atoms with Gasteiger partial charge in [0.15, 0.2) is 5.69 Å². The molecule has 18 nitrogen and oxygen atoms in total. The lowest BCUT2D eigenvalue weighted by Crippen LogP contribution is -2.55. The summed E-state index contributed by atoms with van der Waals surface area (Å²) in [6.07, 6.45) is 0.822. The third-order valence-electron chi connectivity index (χ3n) is 14.2. The first-order valence-electron chi connectivity index (χ1n) is 24.2. The largest absolute Gasteiger partial charge is 0.485 e. The van der Waals surface area contributed by atoms with Gasteiger partial charge in [0.05, 0.1) is 69.0 Å². The van der Waals surface area contributed by atoms with Crippen LogP contribution in [0.2, 0.25) is 0 Å². The molecule has 0 spiro atoms. The number of likely N-dealkylation sites (tertiary alicyclic amines) is 2. The Balaban J connectivity index is 0.981.